The van der Waals surface area contributed by atoms with Crippen LogP contribution in [0, 0.1) is 40.7 Å². The molecule has 0 aliphatic heterocycles. The largest absolute Gasteiger partial charge is 0.204 e. The summed E-state index contributed by atoms with van der Waals surface area (Å²) in [5.41, 5.74) is 0.962. The van der Waals surface area contributed by atoms with E-state index in [1.807, 2.05) is 6.08 Å². The normalized spacial score (nSPS) is 26.4. The molecule has 0 aromatic heterocycles. The number of rotatable bonds is 10. The molecule has 0 heterocycles. The Labute approximate surface area is 197 Å². The first kappa shape index (κ1) is 25.6. The van der Waals surface area contributed by atoms with Crippen molar-refractivity contribution in [3.8, 4) is 6.07 Å². The number of nitrogens with zero attached hydrogens (tertiary/aromatic N) is 1. The molecule has 3 rings (SSSR count). The lowest BCUT2D eigenvalue weighted by Gasteiger charge is -2.30. The fourth-order valence-electron chi connectivity index (χ4n) is 5.84. The Balaban J connectivity index is 1.22. The van der Waals surface area contributed by atoms with Gasteiger partial charge in [-0.1, -0.05) is 69.6 Å². The Kier molecular flexibility index (Phi) is 10.6. The van der Waals surface area contributed by atoms with Gasteiger partial charge in [0.15, 0.2) is 17.5 Å². The fraction of sp³-hybridized carbons (Fsp3) is 0.621. The Morgan fingerprint density at radius 1 is 0.848 bits per heavy atom. The molecule has 1 aromatic rings. The summed E-state index contributed by atoms with van der Waals surface area (Å²) >= 11 is 0. The van der Waals surface area contributed by atoms with Gasteiger partial charge in [0.1, 0.15) is 6.07 Å². The lowest BCUT2D eigenvalue weighted by Crippen LogP contribution is -2.15. The van der Waals surface area contributed by atoms with Gasteiger partial charge in [-0.05, 0) is 86.0 Å². The van der Waals surface area contributed by atoms with Crippen molar-refractivity contribution < 1.29 is 13.2 Å². The molecular weight excluding hydrogens is 419 g/mol. The van der Waals surface area contributed by atoms with E-state index in [1.54, 1.807) is 12.1 Å². The first-order valence-corrected chi connectivity index (χ1v) is 12.9. The average Bonchev–Trinajstić information content (AvgIpc) is 2.84. The summed E-state index contributed by atoms with van der Waals surface area (Å²) in [6.07, 6.45) is 22.2. The van der Waals surface area contributed by atoms with Gasteiger partial charge in [-0.3, -0.25) is 0 Å². The molecule has 180 valence electrons. The monoisotopic (exact) mass is 457 g/mol. The van der Waals surface area contributed by atoms with Gasteiger partial charge in [0, 0.05) is 0 Å². The van der Waals surface area contributed by atoms with E-state index in [0.717, 1.165) is 42.6 Å². The standard InChI is InChI=1S/C29H38F3N/c30-27(21-33)9-3-1-2-6-22-10-12-23(13-11-22)7-4-5-8-24-14-16-25(17-15-24)26-18-19-28(31)29(32)20-26/h1,3,9,18-20,22-25H,2,4-8,10-17H2/b3-1+,27-9-. The van der Waals surface area contributed by atoms with E-state index in [-0.39, 0.29) is 0 Å². The Morgan fingerprint density at radius 3 is 2.00 bits per heavy atom. The van der Waals surface area contributed by atoms with Crippen LogP contribution >= 0.6 is 0 Å². The number of allylic oxidation sites excluding steroid dienone is 4. The maximum absolute atomic E-state index is 13.5. The van der Waals surface area contributed by atoms with E-state index in [1.165, 1.54) is 94.9 Å². The maximum Gasteiger partial charge on any atom is 0.199 e. The topological polar surface area (TPSA) is 23.8 Å². The number of unbranched alkanes of at least 4 members (excludes halogenated alkanes) is 1. The first-order chi connectivity index (χ1) is 16.0. The van der Waals surface area contributed by atoms with Gasteiger partial charge in [-0.25, -0.2) is 8.78 Å². The molecule has 0 amide bonds. The summed E-state index contributed by atoms with van der Waals surface area (Å²) in [5.74, 6) is 0.651. The summed E-state index contributed by atoms with van der Waals surface area (Å²) in [4.78, 5) is 0. The van der Waals surface area contributed by atoms with Crippen molar-refractivity contribution >= 4 is 0 Å². The molecule has 0 unspecified atom stereocenters. The zero-order valence-electron chi connectivity index (χ0n) is 19.8. The molecule has 0 saturated heterocycles. The van der Waals surface area contributed by atoms with Crippen molar-refractivity contribution in [2.24, 2.45) is 17.8 Å². The summed E-state index contributed by atoms with van der Waals surface area (Å²) in [5, 5.41) is 8.38. The minimum absolute atomic E-state index is 0.386. The van der Waals surface area contributed by atoms with Crippen molar-refractivity contribution in [1.82, 2.24) is 0 Å². The number of halogens is 3. The van der Waals surface area contributed by atoms with Crippen molar-refractivity contribution in [2.75, 3.05) is 0 Å². The van der Waals surface area contributed by atoms with Crippen LogP contribution in [0.3, 0.4) is 0 Å². The fourth-order valence-corrected chi connectivity index (χ4v) is 5.84. The van der Waals surface area contributed by atoms with Gasteiger partial charge in [-0.15, -0.1) is 0 Å². The minimum Gasteiger partial charge on any atom is -0.204 e. The molecule has 33 heavy (non-hydrogen) atoms. The highest BCUT2D eigenvalue weighted by Gasteiger charge is 2.24. The highest BCUT2D eigenvalue weighted by atomic mass is 19.2. The van der Waals surface area contributed by atoms with Crippen LogP contribution in [0.1, 0.15) is 101 Å². The molecule has 0 bridgehead atoms. The molecule has 2 aliphatic carbocycles. The second-order valence-electron chi connectivity index (χ2n) is 10.2. The second kappa shape index (κ2) is 13.6. The number of hydrogen-bond acceptors (Lipinski definition) is 1. The Bertz CT molecular complexity index is 822. The number of benzene rings is 1. The van der Waals surface area contributed by atoms with Gasteiger partial charge in [-0.2, -0.15) is 9.65 Å². The third-order valence-corrected chi connectivity index (χ3v) is 7.93. The number of nitriles is 1. The molecule has 1 aromatic carbocycles. The van der Waals surface area contributed by atoms with E-state index in [2.05, 4.69) is 0 Å². The highest BCUT2D eigenvalue weighted by molar-refractivity contribution is 5.22. The molecule has 0 radical (unpaired) electrons. The van der Waals surface area contributed by atoms with E-state index >= 15 is 0 Å². The predicted octanol–water partition coefficient (Wildman–Crippen LogP) is 9.32. The van der Waals surface area contributed by atoms with Crippen molar-refractivity contribution in [2.45, 2.75) is 95.8 Å². The van der Waals surface area contributed by atoms with Crippen LogP contribution in [-0.2, 0) is 0 Å². The lowest BCUT2D eigenvalue weighted by atomic mass is 9.76. The van der Waals surface area contributed by atoms with Crippen LogP contribution in [0.4, 0.5) is 13.2 Å². The quantitative estimate of drug-likeness (QED) is 0.195. The molecule has 2 fully saturated rings. The smallest absolute Gasteiger partial charge is 0.199 e. The first-order valence-electron chi connectivity index (χ1n) is 12.9. The van der Waals surface area contributed by atoms with E-state index in [0.29, 0.717) is 5.92 Å². The van der Waals surface area contributed by atoms with Gasteiger partial charge >= 0.3 is 0 Å². The molecule has 2 aliphatic rings. The van der Waals surface area contributed by atoms with Crippen LogP contribution < -0.4 is 0 Å². The van der Waals surface area contributed by atoms with Gasteiger partial charge in [0.25, 0.3) is 0 Å². The Morgan fingerprint density at radius 2 is 1.42 bits per heavy atom. The molecule has 1 nitrogen and oxygen atoms in total. The third-order valence-electron chi connectivity index (χ3n) is 7.93. The van der Waals surface area contributed by atoms with Gasteiger partial charge < -0.3 is 0 Å². The SMILES string of the molecule is N#C/C(F)=C/C=C/CCC1CCC(CCCCC2CCC(c3ccc(F)c(F)c3)CC2)CC1. The summed E-state index contributed by atoms with van der Waals surface area (Å²) in [6, 6.07) is 5.89. The summed E-state index contributed by atoms with van der Waals surface area (Å²) in [6.45, 7) is 0. The van der Waals surface area contributed by atoms with Crippen molar-refractivity contribution in [3.63, 3.8) is 0 Å². The van der Waals surface area contributed by atoms with Gasteiger partial charge in [0.2, 0.25) is 0 Å². The molecule has 0 N–H and O–H groups in total. The minimum atomic E-state index is -0.753. The molecule has 2 saturated carbocycles. The van der Waals surface area contributed by atoms with Crippen LogP contribution in [0.25, 0.3) is 0 Å². The zero-order valence-corrected chi connectivity index (χ0v) is 19.8. The van der Waals surface area contributed by atoms with Gasteiger partial charge in [0.05, 0.1) is 0 Å². The third kappa shape index (κ3) is 8.69. The molecule has 4 heteroatoms. The lowest BCUT2D eigenvalue weighted by molar-refractivity contribution is 0.244. The molecular formula is C29H38F3N. The maximum atomic E-state index is 13.5. The van der Waals surface area contributed by atoms with Crippen LogP contribution in [0.5, 0.6) is 0 Å². The molecule has 0 atom stereocenters. The number of hydrogen-bond donors (Lipinski definition) is 0. The van der Waals surface area contributed by atoms with Crippen molar-refractivity contribution in [3.05, 3.63) is 59.5 Å². The highest BCUT2D eigenvalue weighted by Crippen LogP contribution is 2.39. The van der Waals surface area contributed by atoms with Crippen LogP contribution in [-0.4, -0.2) is 0 Å². The Hall–Kier alpha value is -2.02. The van der Waals surface area contributed by atoms with E-state index < -0.39 is 17.5 Å². The zero-order chi connectivity index (χ0) is 23.5. The molecule has 0 spiro atoms. The van der Waals surface area contributed by atoms with Crippen molar-refractivity contribution in [1.29, 1.82) is 5.26 Å². The van der Waals surface area contributed by atoms with Crippen LogP contribution in [0.2, 0.25) is 0 Å². The predicted molar refractivity (Wildman–Crippen MR) is 128 cm³/mol. The summed E-state index contributed by atoms with van der Waals surface area (Å²) in [7, 11) is 0. The van der Waals surface area contributed by atoms with E-state index in [4.69, 9.17) is 5.26 Å². The van der Waals surface area contributed by atoms with E-state index in [9.17, 15) is 13.2 Å². The summed E-state index contributed by atoms with van der Waals surface area (Å²) < 4.78 is 39.4. The second-order valence-corrected chi connectivity index (χ2v) is 10.2. The van der Waals surface area contributed by atoms with Crippen LogP contribution in [0.15, 0.2) is 42.3 Å². The average molecular weight is 458 g/mol.